The molecule has 2 heterocycles. The van der Waals surface area contributed by atoms with Gasteiger partial charge in [0.25, 0.3) is 0 Å². The van der Waals surface area contributed by atoms with Crippen molar-refractivity contribution in [1.82, 2.24) is 10.2 Å². The summed E-state index contributed by atoms with van der Waals surface area (Å²) in [6, 6.07) is 1.83. The zero-order valence-corrected chi connectivity index (χ0v) is 27.6. The predicted octanol–water partition coefficient (Wildman–Crippen LogP) is 3.96. The standard InChI is InChI=1S/C30H42N2O9.C3H4N2/c1-16-10-9-11-23(37-5)28(41-30(31)36)18(3)12-17(2)27(40-8)24(38-6)13-19(4)26(39-7)21-14-20(33)15-22(25(21)34)32-29(16)35;1-2-4-5-3-1/h9-12,14-15,17,19,23-24,26-28H,13H2,1-8H3,(H2,31,36)(H,32,35);1-3H,(H,4,5)/b11-9-,16-10+,18-12+;/t17-,19-,23-,24-,26+,27+,28-;/m0./s1. The van der Waals surface area contributed by atoms with E-state index in [0.717, 1.165) is 6.08 Å². The van der Waals surface area contributed by atoms with E-state index in [1.54, 1.807) is 58.7 Å². The molecule has 252 valence electrons. The predicted molar refractivity (Wildman–Crippen MR) is 172 cm³/mol. The Kier molecular flexibility index (Phi) is 15.5. The number of nitrogens with two attached hydrogens (primary N) is 1. The van der Waals surface area contributed by atoms with Crippen LogP contribution in [0.25, 0.3) is 0 Å². The lowest BCUT2D eigenvalue weighted by atomic mass is 9.84. The molecule has 1 aromatic rings. The average Bonchev–Trinajstić information content (AvgIpc) is 3.60. The second kappa shape index (κ2) is 18.7. The van der Waals surface area contributed by atoms with Crippen molar-refractivity contribution in [2.75, 3.05) is 28.4 Å². The molecular formula is C33H46N4O9. The van der Waals surface area contributed by atoms with Crippen LogP contribution in [0.15, 0.2) is 82.3 Å². The largest absolute Gasteiger partial charge is 0.493 e. The number of amides is 1. The summed E-state index contributed by atoms with van der Waals surface area (Å²) in [4.78, 5) is 41.8. The van der Waals surface area contributed by atoms with Gasteiger partial charge in [0.1, 0.15) is 11.8 Å². The Morgan fingerprint density at radius 1 is 1.02 bits per heavy atom. The SMILES string of the molecule is CO[C@H]1[C@@H](OC)C[C@H](C)[C@@H](OC)C2=CC(=O)C=C(N=C(O)/C(C)=C/C=C\[C@H](OC)[C@@H](OC(N)=O)/C(C)=C/[C@@H]1C)C2=O.c1cn[nH]c1. The van der Waals surface area contributed by atoms with Crippen molar-refractivity contribution < 1.29 is 43.2 Å². The third-order valence-electron chi connectivity index (χ3n) is 7.63. The van der Waals surface area contributed by atoms with Gasteiger partial charge in [-0.3, -0.25) is 14.7 Å². The molecule has 2 bridgehead atoms. The molecule has 0 radical (unpaired) electrons. The van der Waals surface area contributed by atoms with Crippen LogP contribution in [-0.4, -0.2) is 97.8 Å². The number of rotatable bonds is 5. The molecule has 2 aliphatic rings. The fourth-order valence-corrected chi connectivity index (χ4v) is 5.38. The summed E-state index contributed by atoms with van der Waals surface area (Å²) in [6.45, 7) is 7.21. The minimum absolute atomic E-state index is 0.139. The summed E-state index contributed by atoms with van der Waals surface area (Å²) in [5, 5.41) is 16.8. The van der Waals surface area contributed by atoms with E-state index in [2.05, 4.69) is 15.2 Å². The van der Waals surface area contributed by atoms with Gasteiger partial charge in [-0.1, -0.05) is 38.2 Å². The van der Waals surface area contributed by atoms with Gasteiger partial charge in [0.05, 0.1) is 18.3 Å². The maximum Gasteiger partial charge on any atom is 0.405 e. The van der Waals surface area contributed by atoms with Crippen LogP contribution in [0.3, 0.4) is 0 Å². The molecule has 7 atom stereocenters. The number of aliphatic hydroxyl groups excluding tert-OH is 1. The minimum atomic E-state index is -0.967. The van der Waals surface area contributed by atoms with Crippen LogP contribution in [0.1, 0.15) is 34.1 Å². The van der Waals surface area contributed by atoms with E-state index < -0.39 is 54.1 Å². The molecule has 0 saturated heterocycles. The minimum Gasteiger partial charge on any atom is -0.493 e. The number of aromatic nitrogens is 2. The van der Waals surface area contributed by atoms with Gasteiger partial charge in [-0.05, 0) is 43.9 Å². The number of ether oxygens (including phenoxy) is 5. The van der Waals surface area contributed by atoms with Gasteiger partial charge in [-0.2, -0.15) is 5.10 Å². The monoisotopic (exact) mass is 642 g/mol. The van der Waals surface area contributed by atoms with Crippen LogP contribution < -0.4 is 5.73 Å². The third-order valence-corrected chi connectivity index (χ3v) is 7.63. The van der Waals surface area contributed by atoms with E-state index in [-0.39, 0.29) is 23.1 Å². The molecular weight excluding hydrogens is 596 g/mol. The van der Waals surface area contributed by atoms with E-state index >= 15 is 0 Å². The first-order valence-corrected chi connectivity index (χ1v) is 14.7. The number of ketones is 2. The first kappa shape index (κ1) is 38.0. The number of carbonyl (C=O) groups is 3. The Hall–Kier alpha value is -4.17. The first-order chi connectivity index (χ1) is 21.9. The summed E-state index contributed by atoms with van der Waals surface area (Å²) < 4.78 is 28.4. The Balaban J connectivity index is 0.00000134. The molecule has 0 unspecified atom stereocenters. The van der Waals surface area contributed by atoms with Crippen LogP contribution in [0.5, 0.6) is 0 Å². The van der Waals surface area contributed by atoms with E-state index in [1.807, 2.05) is 26.0 Å². The number of H-pyrrole nitrogens is 1. The molecule has 0 saturated carbocycles. The lowest BCUT2D eigenvalue weighted by molar-refractivity contribution is -0.117. The van der Waals surface area contributed by atoms with E-state index in [0.29, 0.717) is 17.6 Å². The lowest BCUT2D eigenvalue weighted by Crippen LogP contribution is -2.40. The number of nitrogens with one attached hydrogen (secondary N) is 1. The van der Waals surface area contributed by atoms with E-state index in [1.165, 1.54) is 20.3 Å². The van der Waals surface area contributed by atoms with Crippen LogP contribution in [0, 0.1) is 11.8 Å². The number of aromatic amines is 1. The van der Waals surface area contributed by atoms with Crippen molar-refractivity contribution in [3.63, 3.8) is 0 Å². The van der Waals surface area contributed by atoms with Gasteiger partial charge in [-0.15, -0.1) is 0 Å². The number of nitrogens with zero attached hydrogens (tertiary/aromatic N) is 2. The quantitative estimate of drug-likeness (QED) is 0.314. The lowest BCUT2D eigenvalue weighted by Gasteiger charge is -2.33. The summed E-state index contributed by atoms with van der Waals surface area (Å²) in [5.74, 6) is -1.93. The van der Waals surface area contributed by atoms with Gasteiger partial charge in [-0.25, -0.2) is 9.79 Å². The highest BCUT2D eigenvalue weighted by molar-refractivity contribution is 6.21. The molecule has 13 nitrogen and oxygen atoms in total. The van der Waals surface area contributed by atoms with Gasteiger partial charge >= 0.3 is 6.09 Å². The summed E-state index contributed by atoms with van der Waals surface area (Å²) >= 11 is 0. The summed E-state index contributed by atoms with van der Waals surface area (Å²) in [5.41, 5.74) is 6.29. The van der Waals surface area contributed by atoms with Crippen molar-refractivity contribution in [3.05, 3.63) is 77.3 Å². The highest BCUT2D eigenvalue weighted by atomic mass is 16.6. The highest BCUT2D eigenvalue weighted by Gasteiger charge is 2.36. The second-order valence-corrected chi connectivity index (χ2v) is 11.0. The number of hydrogen-bond acceptors (Lipinski definition) is 10. The number of methoxy groups -OCH3 is 4. The number of allylic oxidation sites excluding steroid dienone is 5. The van der Waals surface area contributed by atoms with Crippen molar-refractivity contribution in [2.45, 2.75) is 64.6 Å². The number of carbonyl (C=O) groups excluding carboxylic acids is 3. The van der Waals surface area contributed by atoms with Crippen molar-refractivity contribution in [2.24, 2.45) is 22.6 Å². The van der Waals surface area contributed by atoms with Crippen LogP contribution in [0.4, 0.5) is 4.79 Å². The molecule has 0 spiro atoms. The fourth-order valence-electron chi connectivity index (χ4n) is 5.38. The van der Waals surface area contributed by atoms with E-state index in [9.17, 15) is 19.5 Å². The number of Topliss-reactive ketones (excluding diaryl/α,β-unsaturated/α-hetero) is 1. The van der Waals surface area contributed by atoms with Gasteiger partial charge in [0, 0.05) is 64.0 Å². The average molecular weight is 643 g/mol. The number of hydrogen-bond donors (Lipinski definition) is 3. The topological polar surface area (TPSA) is 185 Å². The fraction of sp³-hybridized carbons (Fsp3) is 0.485. The highest BCUT2D eigenvalue weighted by Crippen LogP contribution is 2.30. The molecule has 1 amide bonds. The number of aliphatic imine (C=N–C) groups is 1. The molecule has 1 aliphatic heterocycles. The van der Waals surface area contributed by atoms with Gasteiger partial charge in [0.2, 0.25) is 11.7 Å². The first-order valence-electron chi connectivity index (χ1n) is 14.7. The molecule has 4 N–H and O–H groups in total. The molecule has 1 aliphatic carbocycles. The number of fused-ring (bicyclic) bond motifs is 2. The number of primary amides is 1. The molecule has 1 aromatic heterocycles. The molecule has 0 aromatic carbocycles. The second-order valence-electron chi connectivity index (χ2n) is 11.0. The van der Waals surface area contributed by atoms with Crippen molar-refractivity contribution >= 4 is 23.6 Å². The van der Waals surface area contributed by atoms with Crippen LogP contribution in [0.2, 0.25) is 0 Å². The maximum atomic E-state index is 13.4. The third kappa shape index (κ3) is 10.7. The summed E-state index contributed by atoms with van der Waals surface area (Å²) in [6.07, 6.45) is 8.65. The van der Waals surface area contributed by atoms with E-state index in [4.69, 9.17) is 29.4 Å². The number of aliphatic hydroxyl groups is 1. The van der Waals surface area contributed by atoms with Gasteiger partial charge < -0.3 is 34.5 Å². The zero-order chi connectivity index (χ0) is 34.4. The van der Waals surface area contributed by atoms with Gasteiger partial charge in [0.15, 0.2) is 11.9 Å². The molecule has 46 heavy (non-hydrogen) atoms. The Bertz CT molecular complexity index is 1340. The molecule has 0 fully saturated rings. The molecule has 13 heteroatoms. The normalized spacial score (nSPS) is 31.0. The molecule has 3 rings (SSSR count). The summed E-state index contributed by atoms with van der Waals surface area (Å²) in [7, 11) is 6.06. The Morgan fingerprint density at radius 2 is 1.74 bits per heavy atom. The zero-order valence-electron chi connectivity index (χ0n) is 27.6. The smallest absolute Gasteiger partial charge is 0.405 e. The van der Waals surface area contributed by atoms with Crippen molar-refractivity contribution in [3.8, 4) is 0 Å². The van der Waals surface area contributed by atoms with Crippen LogP contribution >= 0.6 is 0 Å². The van der Waals surface area contributed by atoms with Crippen LogP contribution in [-0.2, 0) is 33.3 Å². The Morgan fingerprint density at radius 3 is 2.26 bits per heavy atom. The van der Waals surface area contributed by atoms with Crippen molar-refractivity contribution in [1.29, 1.82) is 0 Å². The Labute approximate surface area is 269 Å². The maximum absolute atomic E-state index is 13.4.